The van der Waals surface area contributed by atoms with Crippen LogP contribution in [-0.4, -0.2) is 11.1 Å². The van der Waals surface area contributed by atoms with Gasteiger partial charge < -0.3 is 15.3 Å². The Balaban J connectivity index is 2.12. The fourth-order valence-corrected chi connectivity index (χ4v) is 2.87. The van der Waals surface area contributed by atoms with E-state index in [9.17, 15) is 4.79 Å². The van der Waals surface area contributed by atoms with Crippen LogP contribution in [0, 0.1) is 6.92 Å². The summed E-state index contributed by atoms with van der Waals surface area (Å²) in [6.45, 7) is 1.74. The molecule has 4 nitrogen and oxygen atoms in total. The average molecular weight is 298 g/mol. The first-order valence-corrected chi connectivity index (χ1v) is 6.84. The van der Waals surface area contributed by atoms with E-state index in [-0.39, 0.29) is 5.76 Å². The molecule has 0 aliphatic heterocycles. The van der Waals surface area contributed by atoms with Crippen LogP contribution in [0.25, 0.3) is 0 Å². The normalized spacial score (nSPS) is 10.6. The lowest BCUT2D eigenvalue weighted by Gasteiger charge is -2.04. The first kappa shape index (κ1) is 13.8. The van der Waals surface area contributed by atoms with Crippen molar-refractivity contribution in [1.82, 2.24) is 0 Å². The Morgan fingerprint density at radius 1 is 1.47 bits per heavy atom. The quantitative estimate of drug-likeness (QED) is 0.663. The highest BCUT2D eigenvalue weighted by atomic mass is 35.5. The van der Waals surface area contributed by atoms with Gasteiger partial charge >= 0.3 is 5.97 Å². The molecule has 0 spiro atoms. The van der Waals surface area contributed by atoms with Gasteiger partial charge in [0.15, 0.2) is 0 Å². The number of thioether (sulfide) groups is 1. The molecule has 19 heavy (non-hydrogen) atoms. The highest BCUT2D eigenvalue weighted by Crippen LogP contribution is 2.32. The Morgan fingerprint density at radius 2 is 2.21 bits per heavy atom. The maximum atomic E-state index is 10.8. The molecule has 6 heteroatoms. The van der Waals surface area contributed by atoms with Crippen molar-refractivity contribution in [2.75, 3.05) is 5.73 Å². The van der Waals surface area contributed by atoms with Crippen molar-refractivity contribution in [3.63, 3.8) is 0 Å². The smallest absolute Gasteiger partial charge is 0.371 e. The Labute approximate surface area is 119 Å². The largest absolute Gasteiger partial charge is 0.475 e. The average Bonchev–Trinajstić information content (AvgIpc) is 2.70. The van der Waals surface area contributed by atoms with Crippen molar-refractivity contribution in [3.8, 4) is 0 Å². The SMILES string of the molecule is Cc1oc(C(=O)O)cc1CSc1ccc(N)cc1Cl. The van der Waals surface area contributed by atoms with Crippen LogP contribution in [0.2, 0.25) is 5.02 Å². The van der Waals surface area contributed by atoms with E-state index in [0.29, 0.717) is 22.2 Å². The van der Waals surface area contributed by atoms with Crippen LogP contribution in [0.5, 0.6) is 0 Å². The van der Waals surface area contributed by atoms with E-state index in [4.69, 9.17) is 26.9 Å². The molecule has 0 atom stereocenters. The lowest BCUT2D eigenvalue weighted by Crippen LogP contribution is -1.91. The monoisotopic (exact) mass is 297 g/mol. The molecular formula is C13H12ClNO3S. The predicted molar refractivity (Wildman–Crippen MR) is 75.8 cm³/mol. The van der Waals surface area contributed by atoms with E-state index in [1.165, 1.54) is 17.8 Å². The van der Waals surface area contributed by atoms with E-state index < -0.39 is 5.97 Å². The number of halogens is 1. The molecule has 1 aromatic carbocycles. The molecule has 0 saturated heterocycles. The lowest BCUT2D eigenvalue weighted by molar-refractivity contribution is 0.0661. The van der Waals surface area contributed by atoms with Crippen LogP contribution in [-0.2, 0) is 5.75 Å². The second-order valence-corrected chi connectivity index (χ2v) is 5.40. The number of rotatable bonds is 4. The summed E-state index contributed by atoms with van der Waals surface area (Å²) in [5.41, 5.74) is 7.08. The summed E-state index contributed by atoms with van der Waals surface area (Å²) in [6, 6.07) is 6.85. The first-order chi connectivity index (χ1) is 8.97. The molecule has 0 aliphatic rings. The maximum absolute atomic E-state index is 10.8. The number of aromatic carboxylic acids is 1. The predicted octanol–water partition coefficient (Wildman–Crippen LogP) is 3.81. The van der Waals surface area contributed by atoms with Crippen LogP contribution in [0.4, 0.5) is 5.69 Å². The zero-order valence-corrected chi connectivity index (χ0v) is 11.7. The van der Waals surface area contributed by atoms with Crippen LogP contribution in [0.1, 0.15) is 21.9 Å². The summed E-state index contributed by atoms with van der Waals surface area (Å²) in [5, 5.41) is 9.43. The summed E-state index contributed by atoms with van der Waals surface area (Å²) in [5.74, 6) is 0.0875. The zero-order valence-electron chi connectivity index (χ0n) is 10.1. The molecule has 0 bridgehead atoms. The first-order valence-electron chi connectivity index (χ1n) is 5.48. The van der Waals surface area contributed by atoms with E-state index in [1.807, 2.05) is 6.07 Å². The van der Waals surface area contributed by atoms with Crippen molar-refractivity contribution < 1.29 is 14.3 Å². The molecule has 1 heterocycles. The summed E-state index contributed by atoms with van der Waals surface area (Å²) in [6.07, 6.45) is 0. The number of carboxylic acid groups (broad SMARTS) is 1. The molecule has 0 fully saturated rings. The number of hydrogen-bond donors (Lipinski definition) is 2. The second kappa shape index (κ2) is 5.59. The van der Waals surface area contributed by atoms with Gasteiger partial charge in [-0.25, -0.2) is 4.79 Å². The van der Waals surface area contributed by atoms with E-state index in [2.05, 4.69) is 0 Å². The number of carbonyl (C=O) groups is 1. The Kier molecular flexibility index (Phi) is 4.07. The van der Waals surface area contributed by atoms with Gasteiger partial charge in [-0.2, -0.15) is 0 Å². The second-order valence-electron chi connectivity index (χ2n) is 3.98. The molecule has 0 saturated carbocycles. The number of nitrogens with two attached hydrogens (primary N) is 1. The lowest BCUT2D eigenvalue weighted by atomic mass is 10.3. The van der Waals surface area contributed by atoms with Gasteiger partial charge in [0.25, 0.3) is 0 Å². The van der Waals surface area contributed by atoms with Gasteiger partial charge in [0.1, 0.15) is 5.76 Å². The van der Waals surface area contributed by atoms with Gasteiger partial charge in [-0.05, 0) is 31.2 Å². The molecule has 0 amide bonds. The minimum atomic E-state index is -1.06. The third kappa shape index (κ3) is 3.24. The molecule has 3 N–H and O–H groups in total. The molecule has 2 aromatic rings. The molecule has 0 unspecified atom stereocenters. The third-order valence-electron chi connectivity index (χ3n) is 2.57. The molecule has 2 rings (SSSR count). The van der Waals surface area contributed by atoms with E-state index >= 15 is 0 Å². The fraction of sp³-hybridized carbons (Fsp3) is 0.154. The van der Waals surface area contributed by atoms with Crippen molar-refractivity contribution in [2.24, 2.45) is 0 Å². The van der Waals surface area contributed by atoms with Crippen LogP contribution in [0.15, 0.2) is 33.6 Å². The fourth-order valence-electron chi connectivity index (χ4n) is 1.56. The molecule has 1 aromatic heterocycles. The topological polar surface area (TPSA) is 76.5 Å². The van der Waals surface area contributed by atoms with Gasteiger partial charge in [-0.3, -0.25) is 0 Å². The van der Waals surface area contributed by atoms with Crippen molar-refractivity contribution in [2.45, 2.75) is 17.6 Å². The molecule has 0 aliphatic carbocycles. The summed E-state index contributed by atoms with van der Waals surface area (Å²) >= 11 is 7.58. The van der Waals surface area contributed by atoms with Crippen LogP contribution >= 0.6 is 23.4 Å². The van der Waals surface area contributed by atoms with Crippen molar-refractivity contribution in [3.05, 3.63) is 46.4 Å². The minimum Gasteiger partial charge on any atom is -0.475 e. The number of benzene rings is 1. The number of furan rings is 1. The van der Waals surface area contributed by atoms with Crippen molar-refractivity contribution in [1.29, 1.82) is 0 Å². The number of nitrogen functional groups attached to an aromatic ring is 1. The standard InChI is InChI=1S/C13H12ClNO3S/c1-7-8(4-11(18-7)13(16)17)6-19-12-3-2-9(15)5-10(12)14/h2-5H,6,15H2,1H3,(H,16,17). The Bertz CT molecular complexity index is 624. The zero-order chi connectivity index (χ0) is 14.0. The third-order valence-corrected chi connectivity index (χ3v) is 4.12. The van der Waals surface area contributed by atoms with Gasteiger partial charge in [0, 0.05) is 21.9 Å². The maximum Gasteiger partial charge on any atom is 0.371 e. The number of hydrogen-bond acceptors (Lipinski definition) is 4. The summed E-state index contributed by atoms with van der Waals surface area (Å²) in [4.78, 5) is 11.7. The molecular weight excluding hydrogens is 286 g/mol. The highest BCUT2D eigenvalue weighted by molar-refractivity contribution is 7.98. The molecule has 0 radical (unpaired) electrons. The number of aryl methyl sites for hydroxylation is 1. The molecule has 100 valence electrons. The number of anilines is 1. The Hall–Kier alpha value is -1.59. The highest BCUT2D eigenvalue weighted by Gasteiger charge is 2.13. The van der Waals surface area contributed by atoms with Gasteiger partial charge in [0.05, 0.1) is 5.02 Å². The van der Waals surface area contributed by atoms with E-state index in [0.717, 1.165) is 10.5 Å². The summed E-state index contributed by atoms with van der Waals surface area (Å²) < 4.78 is 5.15. The van der Waals surface area contributed by atoms with Crippen molar-refractivity contribution >= 4 is 35.0 Å². The van der Waals surface area contributed by atoms with Gasteiger partial charge in [-0.1, -0.05) is 11.6 Å². The number of carboxylic acids is 1. The van der Waals surface area contributed by atoms with E-state index in [1.54, 1.807) is 19.1 Å². The van der Waals surface area contributed by atoms with Gasteiger partial charge in [0.2, 0.25) is 5.76 Å². The van der Waals surface area contributed by atoms with Crippen LogP contribution < -0.4 is 5.73 Å². The Morgan fingerprint density at radius 3 is 2.79 bits per heavy atom. The summed E-state index contributed by atoms with van der Waals surface area (Å²) in [7, 11) is 0. The van der Waals surface area contributed by atoms with Gasteiger partial charge in [-0.15, -0.1) is 11.8 Å². The minimum absolute atomic E-state index is 0.0449. The van der Waals surface area contributed by atoms with Crippen LogP contribution in [0.3, 0.4) is 0 Å².